The van der Waals surface area contributed by atoms with Gasteiger partial charge >= 0.3 is 5.97 Å². The molecule has 7 nitrogen and oxygen atoms in total. The number of aromatic nitrogens is 1. The number of fused-ring (bicyclic) bond motifs is 1. The summed E-state index contributed by atoms with van der Waals surface area (Å²) < 4.78 is 5.98. The van der Waals surface area contributed by atoms with Gasteiger partial charge in [-0.25, -0.2) is 9.78 Å². The van der Waals surface area contributed by atoms with Crippen LogP contribution in [-0.4, -0.2) is 34.6 Å². The Hall–Kier alpha value is -1.91. The number of nitrogens with two attached hydrogens (primary N) is 1. The fraction of sp³-hybridized carbons (Fsp3) is 0.524. The third kappa shape index (κ3) is 5.67. The molecule has 2 aromatic heterocycles. The van der Waals surface area contributed by atoms with Crippen molar-refractivity contribution in [3.05, 3.63) is 26.6 Å². The number of aryl methyl sites for hydroxylation is 1. The maximum absolute atomic E-state index is 12.9. The van der Waals surface area contributed by atoms with Crippen LogP contribution in [0.5, 0.6) is 0 Å². The molecule has 1 aliphatic rings. The first-order chi connectivity index (χ1) is 14.7. The van der Waals surface area contributed by atoms with E-state index in [4.69, 9.17) is 10.5 Å². The van der Waals surface area contributed by atoms with E-state index in [9.17, 15) is 14.4 Å². The Balaban J connectivity index is 1.76. The Morgan fingerprint density at radius 2 is 2.10 bits per heavy atom. The van der Waals surface area contributed by atoms with Crippen molar-refractivity contribution in [2.45, 2.75) is 63.0 Å². The van der Waals surface area contributed by atoms with Crippen LogP contribution in [0.2, 0.25) is 0 Å². The van der Waals surface area contributed by atoms with Gasteiger partial charge in [-0.3, -0.25) is 9.59 Å². The Kier molecular flexibility index (Phi) is 7.77. The van der Waals surface area contributed by atoms with Crippen molar-refractivity contribution in [2.75, 3.05) is 11.9 Å². The first kappa shape index (κ1) is 23.7. The molecule has 168 valence electrons. The van der Waals surface area contributed by atoms with Crippen LogP contribution >= 0.6 is 34.4 Å². The minimum absolute atomic E-state index is 0.146. The number of thiazole rings is 1. The maximum atomic E-state index is 12.9. The van der Waals surface area contributed by atoms with Crippen LogP contribution in [0.3, 0.4) is 0 Å². The fourth-order valence-electron chi connectivity index (χ4n) is 3.45. The van der Waals surface area contributed by atoms with Gasteiger partial charge in [0.1, 0.15) is 5.00 Å². The monoisotopic (exact) mass is 481 g/mol. The number of hydrogen-bond donors (Lipinski definition) is 2. The molecule has 31 heavy (non-hydrogen) atoms. The molecule has 0 spiro atoms. The number of rotatable bonds is 8. The molecule has 0 saturated carbocycles. The molecule has 1 aliphatic carbocycles. The molecule has 0 aliphatic heterocycles. The summed E-state index contributed by atoms with van der Waals surface area (Å²) in [5.74, 6) is -0.429. The smallest absolute Gasteiger partial charge is 0.341 e. The molecular formula is C21H27N3O4S3. The summed E-state index contributed by atoms with van der Waals surface area (Å²) in [7, 11) is 0. The lowest BCUT2D eigenvalue weighted by atomic mass is 9.88. The Morgan fingerprint density at radius 3 is 2.77 bits per heavy atom. The van der Waals surface area contributed by atoms with Gasteiger partial charge in [-0.1, -0.05) is 18.7 Å². The van der Waals surface area contributed by atoms with Crippen molar-refractivity contribution in [1.82, 2.24) is 4.98 Å². The van der Waals surface area contributed by atoms with Gasteiger partial charge in [-0.15, -0.1) is 22.7 Å². The average molecular weight is 482 g/mol. The molecule has 3 N–H and O–H groups in total. The second kappa shape index (κ2) is 10.1. The van der Waals surface area contributed by atoms with Gasteiger partial charge in [-0.05, 0) is 51.5 Å². The normalized spacial score (nSPS) is 16.5. The van der Waals surface area contributed by atoms with Crippen LogP contribution in [0.25, 0.3) is 0 Å². The summed E-state index contributed by atoms with van der Waals surface area (Å²) in [5.41, 5.74) is 7.56. The number of esters is 1. The fourth-order valence-corrected chi connectivity index (χ4v) is 7.24. The lowest BCUT2D eigenvalue weighted by Crippen LogP contribution is -2.23. The summed E-state index contributed by atoms with van der Waals surface area (Å²) in [6, 6.07) is 0. The van der Waals surface area contributed by atoms with Gasteiger partial charge in [0.15, 0.2) is 4.34 Å². The standard InChI is InChI=1S/C21H27N3O4S3/c1-5-28-20(27)17-13-7-6-10(2)8-15(13)30-19(17)24-18(26)12(4)29-21-23-11(3)14(31-21)9-16(22)25/h10,12H,5-9H2,1-4H3,(H2,22,25)(H,24,26). The summed E-state index contributed by atoms with van der Waals surface area (Å²) in [6.07, 6.45) is 2.90. The minimum atomic E-state index is -0.430. The maximum Gasteiger partial charge on any atom is 0.341 e. The minimum Gasteiger partial charge on any atom is -0.462 e. The lowest BCUT2D eigenvalue weighted by Gasteiger charge is -2.18. The number of anilines is 1. The summed E-state index contributed by atoms with van der Waals surface area (Å²) >= 11 is 4.18. The highest BCUT2D eigenvalue weighted by Crippen LogP contribution is 2.40. The van der Waals surface area contributed by atoms with Crippen molar-refractivity contribution >= 4 is 57.2 Å². The number of thiophene rings is 1. The molecule has 2 aromatic rings. The van der Waals surface area contributed by atoms with E-state index >= 15 is 0 Å². The van der Waals surface area contributed by atoms with Gasteiger partial charge in [0.25, 0.3) is 0 Å². The van der Waals surface area contributed by atoms with E-state index in [-0.39, 0.29) is 24.9 Å². The van der Waals surface area contributed by atoms with Crippen LogP contribution in [0.15, 0.2) is 4.34 Å². The molecule has 2 atom stereocenters. The zero-order valence-electron chi connectivity index (χ0n) is 18.1. The van der Waals surface area contributed by atoms with Gasteiger partial charge in [0, 0.05) is 9.75 Å². The second-order valence-corrected chi connectivity index (χ2v) is 11.4. The first-order valence-corrected chi connectivity index (χ1v) is 12.7. The third-order valence-corrected chi connectivity index (χ3v) is 8.60. The van der Waals surface area contributed by atoms with Crippen molar-refractivity contribution in [1.29, 1.82) is 0 Å². The Bertz CT molecular complexity index is 998. The molecule has 2 unspecified atom stereocenters. The van der Waals surface area contributed by atoms with E-state index in [0.29, 0.717) is 20.8 Å². The zero-order valence-corrected chi connectivity index (χ0v) is 20.5. The third-order valence-electron chi connectivity index (χ3n) is 5.08. The molecule has 0 fully saturated rings. The SMILES string of the molecule is CCOC(=O)c1c(NC(=O)C(C)Sc2nc(C)c(CC(N)=O)s2)sc2c1CCC(C)C2. The second-order valence-electron chi connectivity index (χ2n) is 7.66. The highest BCUT2D eigenvalue weighted by Gasteiger charge is 2.30. The molecule has 3 rings (SSSR count). The predicted molar refractivity (Wildman–Crippen MR) is 125 cm³/mol. The number of nitrogens with one attached hydrogen (secondary N) is 1. The highest BCUT2D eigenvalue weighted by molar-refractivity contribution is 8.02. The summed E-state index contributed by atoms with van der Waals surface area (Å²) in [4.78, 5) is 43.2. The van der Waals surface area contributed by atoms with E-state index < -0.39 is 11.2 Å². The summed E-state index contributed by atoms with van der Waals surface area (Å²) in [6.45, 7) is 7.89. The van der Waals surface area contributed by atoms with E-state index in [1.54, 1.807) is 13.8 Å². The number of ether oxygens (including phenoxy) is 1. The van der Waals surface area contributed by atoms with Crippen molar-refractivity contribution in [2.24, 2.45) is 11.7 Å². The van der Waals surface area contributed by atoms with Crippen molar-refractivity contribution in [3.8, 4) is 0 Å². The average Bonchev–Trinajstić information content (AvgIpc) is 3.20. The van der Waals surface area contributed by atoms with Gasteiger partial charge < -0.3 is 15.8 Å². The molecule has 0 saturated heterocycles. The number of hydrogen-bond acceptors (Lipinski definition) is 8. The number of carbonyl (C=O) groups excluding carboxylic acids is 3. The molecule has 0 radical (unpaired) electrons. The molecule has 2 heterocycles. The first-order valence-electron chi connectivity index (χ1n) is 10.2. The largest absolute Gasteiger partial charge is 0.462 e. The van der Waals surface area contributed by atoms with E-state index in [2.05, 4.69) is 17.2 Å². The van der Waals surface area contributed by atoms with E-state index in [0.717, 1.165) is 40.3 Å². The van der Waals surface area contributed by atoms with Crippen LogP contribution in [0, 0.1) is 12.8 Å². The number of nitrogens with zero attached hydrogens (tertiary/aromatic N) is 1. The number of primary amides is 1. The van der Waals surface area contributed by atoms with Crippen LogP contribution in [-0.2, 0) is 33.6 Å². The molecular weight excluding hydrogens is 454 g/mol. The number of amides is 2. The van der Waals surface area contributed by atoms with Gasteiger partial charge in [-0.2, -0.15) is 0 Å². The molecule has 2 amide bonds. The summed E-state index contributed by atoms with van der Waals surface area (Å²) in [5, 5.41) is 3.09. The Morgan fingerprint density at radius 1 is 1.35 bits per heavy atom. The number of carbonyl (C=O) groups is 3. The van der Waals surface area contributed by atoms with Crippen molar-refractivity contribution in [3.63, 3.8) is 0 Å². The Labute approximate surface area is 194 Å². The van der Waals surface area contributed by atoms with Gasteiger partial charge in [0.05, 0.1) is 29.5 Å². The van der Waals surface area contributed by atoms with Gasteiger partial charge in [0.2, 0.25) is 11.8 Å². The van der Waals surface area contributed by atoms with Crippen LogP contribution < -0.4 is 11.1 Å². The van der Waals surface area contributed by atoms with E-state index in [1.165, 1.54) is 34.4 Å². The lowest BCUT2D eigenvalue weighted by molar-refractivity contribution is -0.117. The quantitative estimate of drug-likeness (QED) is 0.436. The highest BCUT2D eigenvalue weighted by atomic mass is 32.2. The van der Waals surface area contributed by atoms with Crippen molar-refractivity contribution < 1.29 is 19.1 Å². The van der Waals surface area contributed by atoms with E-state index in [1.807, 2.05) is 6.92 Å². The van der Waals surface area contributed by atoms with Crippen LogP contribution in [0.4, 0.5) is 5.00 Å². The zero-order chi connectivity index (χ0) is 22.7. The molecule has 10 heteroatoms. The number of thioether (sulfide) groups is 1. The predicted octanol–water partition coefficient (Wildman–Crippen LogP) is 3.96. The molecule has 0 aromatic carbocycles. The topological polar surface area (TPSA) is 111 Å². The van der Waals surface area contributed by atoms with Crippen LogP contribution in [0.1, 0.15) is 58.6 Å². The molecule has 0 bridgehead atoms.